The van der Waals surface area contributed by atoms with E-state index in [-0.39, 0.29) is 10.9 Å². The van der Waals surface area contributed by atoms with Crippen molar-refractivity contribution in [3.63, 3.8) is 0 Å². The number of sulfonamides is 1. The van der Waals surface area contributed by atoms with E-state index in [1.165, 1.54) is 4.31 Å². The highest BCUT2D eigenvalue weighted by molar-refractivity contribution is 7.89. The van der Waals surface area contributed by atoms with Gasteiger partial charge in [-0.2, -0.15) is 4.31 Å². The summed E-state index contributed by atoms with van der Waals surface area (Å²) in [7, 11) is -3.55. The minimum atomic E-state index is -3.55. The maximum absolute atomic E-state index is 12.8. The van der Waals surface area contributed by atoms with Crippen LogP contribution in [0.2, 0.25) is 5.02 Å². The molecule has 0 N–H and O–H groups in total. The summed E-state index contributed by atoms with van der Waals surface area (Å²) in [6, 6.07) is 6.02. The Morgan fingerprint density at radius 1 is 1.10 bits per heavy atom. The van der Waals surface area contributed by atoms with Gasteiger partial charge in [0.15, 0.2) is 6.29 Å². The van der Waals surface area contributed by atoms with Gasteiger partial charge in [-0.25, -0.2) is 8.42 Å². The van der Waals surface area contributed by atoms with Crippen LogP contribution >= 0.6 is 11.6 Å². The van der Waals surface area contributed by atoms with Crippen LogP contribution in [0.1, 0.15) is 19.3 Å². The van der Waals surface area contributed by atoms with Gasteiger partial charge in [-0.15, -0.1) is 0 Å². The number of piperidine rings is 1. The first kappa shape index (κ1) is 15.2. The number of hydrogen-bond donors (Lipinski definition) is 0. The van der Waals surface area contributed by atoms with Crippen molar-refractivity contribution in [3.8, 4) is 0 Å². The van der Waals surface area contributed by atoms with Crippen LogP contribution in [0.4, 0.5) is 0 Å². The number of benzene rings is 1. The standard InChI is InChI=1S/C14H18ClNO4S/c15-11-4-6-12(7-5-11)21(17,18)16-8-2-1-3-13(16)14-19-9-10-20-14/h4-7,13-14H,1-3,8-10H2/t13-/m1/s1. The molecule has 0 spiro atoms. The molecule has 1 atom stereocenters. The molecule has 21 heavy (non-hydrogen) atoms. The predicted octanol–water partition coefficient (Wildman–Crippen LogP) is 2.26. The van der Waals surface area contributed by atoms with E-state index in [0.717, 1.165) is 19.3 Å². The second kappa shape index (κ2) is 6.22. The van der Waals surface area contributed by atoms with Crippen molar-refractivity contribution in [2.45, 2.75) is 36.5 Å². The number of ether oxygens (including phenoxy) is 2. The number of rotatable bonds is 3. The van der Waals surface area contributed by atoms with Gasteiger partial charge in [-0.1, -0.05) is 18.0 Å². The van der Waals surface area contributed by atoms with E-state index in [1.54, 1.807) is 24.3 Å². The molecule has 0 aliphatic carbocycles. The van der Waals surface area contributed by atoms with E-state index >= 15 is 0 Å². The van der Waals surface area contributed by atoms with Gasteiger partial charge in [-0.05, 0) is 37.1 Å². The van der Waals surface area contributed by atoms with Gasteiger partial charge in [0, 0.05) is 11.6 Å². The fourth-order valence-corrected chi connectivity index (χ4v) is 4.65. The fraction of sp³-hybridized carbons (Fsp3) is 0.571. The van der Waals surface area contributed by atoms with Crippen molar-refractivity contribution in [1.82, 2.24) is 4.31 Å². The van der Waals surface area contributed by atoms with Crippen LogP contribution in [0.25, 0.3) is 0 Å². The van der Waals surface area contributed by atoms with Gasteiger partial charge < -0.3 is 9.47 Å². The Hall–Kier alpha value is -0.660. The maximum Gasteiger partial charge on any atom is 0.243 e. The molecule has 0 unspecified atom stereocenters. The summed E-state index contributed by atoms with van der Waals surface area (Å²) in [5.74, 6) is 0. The molecule has 2 fully saturated rings. The van der Waals surface area contributed by atoms with Crippen molar-refractivity contribution in [1.29, 1.82) is 0 Å². The topological polar surface area (TPSA) is 55.8 Å². The minimum absolute atomic E-state index is 0.248. The van der Waals surface area contributed by atoms with Crippen LogP contribution in [0.3, 0.4) is 0 Å². The zero-order chi connectivity index (χ0) is 14.9. The number of hydrogen-bond acceptors (Lipinski definition) is 4. The molecule has 2 aliphatic rings. The summed E-state index contributed by atoms with van der Waals surface area (Å²) in [4.78, 5) is 0.261. The monoisotopic (exact) mass is 331 g/mol. The molecule has 2 saturated heterocycles. The lowest BCUT2D eigenvalue weighted by Gasteiger charge is -2.36. The zero-order valence-corrected chi connectivity index (χ0v) is 13.1. The Kier molecular flexibility index (Phi) is 4.51. The molecule has 1 aromatic carbocycles. The molecule has 0 bridgehead atoms. The van der Waals surface area contributed by atoms with Gasteiger partial charge >= 0.3 is 0 Å². The molecule has 0 amide bonds. The first-order valence-corrected chi connectivity index (χ1v) is 8.91. The second-order valence-electron chi connectivity index (χ2n) is 5.24. The van der Waals surface area contributed by atoms with Gasteiger partial charge in [-0.3, -0.25) is 0 Å². The maximum atomic E-state index is 12.8. The third-order valence-electron chi connectivity index (χ3n) is 3.88. The first-order valence-electron chi connectivity index (χ1n) is 7.10. The lowest BCUT2D eigenvalue weighted by atomic mass is 10.0. The lowest BCUT2D eigenvalue weighted by molar-refractivity contribution is -0.0913. The fourth-order valence-electron chi connectivity index (χ4n) is 2.84. The van der Waals surface area contributed by atoms with Crippen molar-refractivity contribution >= 4 is 21.6 Å². The van der Waals surface area contributed by atoms with E-state index in [0.29, 0.717) is 24.8 Å². The summed E-state index contributed by atoms with van der Waals surface area (Å²) < 4.78 is 38.2. The summed E-state index contributed by atoms with van der Waals surface area (Å²) in [5.41, 5.74) is 0. The summed E-state index contributed by atoms with van der Waals surface area (Å²) >= 11 is 5.83. The average molecular weight is 332 g/mol. The Labute approximate surface area is 129 Å². The van der Waals surface area contributed by atoms with Gasteiger partial charge in [0.1, 0.15) is 0 Å². The zero-order valence-electron chi connectivity index (χ0n) is 11.6. The quantitative estimate of drug-likeness (QED) is 0.852. The molecule has 3 rings (SSSR count). The van der Waals surface area contributed by atoms with Crippen molar-refractivity contribution in [2.75, 3.05) is 19.8 Å². The number of nitrogens with zero attached hydrogens (tertiary/aromatic N) is 1. The van der Waals surface area contributed by atoms with E-state index in [1.807, 2.05) is 0 Å². The van der Waals surface area contributed by atoms with Crippen LogP contribution < -0.4 is 0 Å². The van der Waals surface area contributed by atoms with Crippen LogP contribution in [-0.4, -0.2) is 44.8 Å². The second-order valence-corrected chi connectivity index (χ2v) is 7.57. The van der Waals surface area contributed by atoms with E-state index < -0.39 is 16.3 Å². The van der Waals surface area contributed by atoms with Crippen LogP contribution in [-0.2, 0) is 19.5 Å². The lowest BCUT2D eigenvalue weighted by Crippen LogP contribution is -2.50. The molecule has 0 aromatic heterocycles. The Balaban J connectivity index is 1.89. The molecule has 116 valence electrons. The van der Waals surface area contributed by atoms with Crippen LogP contribution in [0.5, 0.6) is 0 Å². The Morgan fingerprint density at radius 2 is 1.76 bits per heavy atom. The first-order chi connectivity index (χ1) is 10.1. The Morgan fingerprint density at radius 3 is 2.43 bits per heavy atom. The predicted molar refractivity (Wildman–Crippen MR) is 78.7 cm³/mol. The minimum Gasteiger partial charge on any atom is -0.349 e. The smallest absolute Gasteiger partial charge is 0.243 e. The molecule has 2 heterocycles. The van der Waals surface area contributed by atoms with Crippen LogP contribution in [0.15, 0.2) is 29.2 Å². The van der Waals surface area contributed by atoms with Crippen molar-refractivity contribution < 1.29 is 17.9 Å². The third kappa shape index (κ3) is 3.10. The molecule has 0 saturated carbocycles. The highest BCUT2D eigenvalue weighted by Gasteiger charge is 2.40. The SMILES string of the molecule is O=S(=O)(c1ccc(Cl)cc1)N1CCCC[C@@H]1C1OCCO1. The normalized spacial score (nSPS) is 25.3. The van der Waals surface area contributed by atoms with E-state index in [4.69, 9.17) is 21.1 Å². The molecular formula is C14H18ClNO4S. The largest absolute Gasteiger partial charge is 0.349 e. The highest BCUT2D eigenvalue weighted by Crippen LogP contribution is 2.30. The molecule has 2 aliphatic heterocycles. The average Bonchev–Trinajstić information content (AvgIpc) is 3.02. The summed E-state index contributed by atoms with van der Waals surface area (Å²) in [5, 5.41) is 0.520. The van der Waals surface area contributed by atoms with Crippen LogP contribution in [0, 0.1) is 0 Å². The molecule has 7 heteroatoms. The summed E-state index contributed by atoms with van der Waals surface area (Å²) in [6.07, 6.45) is 2.15. The van der Waals surface area contributed by atoms with Crippen molar-refractivity contribution in [3.05, 3.63) is 29.3 Å². The molecule has 1 aromatic rings. The molecule has 5 nitrogen and oxygen atoms in total. The summed E-state index contributed by atoms with van der Waals surface area (Å²) in [6.45, 7) is 1.55. The van der Waals surface area contributed by atoms with Gasteiger partial charge in [0.05, 0.1) is 24.2 Å². The third-order valence-corrected chi connectivity index (χ3v) is 6.07. The van der Waals surface area contributed by atoms with E-state index in [2.05, 4.69) is 0 Å². The highest BCUT2D eigenvalue weighted by atomic mass is 35.5. The van der Waals surface area contributed by atoms with Gasteiger partial charge in [0.25, 0.3) is 0 Å². The van der Waals surface area contributed by atoms with Gasteiger partial charge in [0.2, 0.25) is 10.0 Å². The number of halogens is 1. The molecular weight excluding hydrogens is 314 g/mol. The van der Waals surface area contributed by atoms with E-state index in [9.17, 15) is 8.42 Å². The Bertz CT molecular complexity index is 583. The van der Waals surface area contributed by atoms with Crippen molar-refractivity contribution in [2.24, 2.45) is 0 Å². The molecule has 0 radical (unpaired) electrons.